The van der Waals surface area contributed by atoms with Crippen molar-refractivity contribution in [2.24, 2.45) is 5.73 Å². The van der Waals surface area contributed by atoms with Crippen molar-refractivity contribution in [2.45, 2.75) is 18.9 Å². The van der Waals surface area contributed by atoms with Gasteiger partial charge in [0.05, 0.1) is 4.91 Å². The van der Waals surface area contributed by atoms with Crippen molar-refractivity contribution < 1.29 is 12.9 Å². The molecule has 1 aliphatic rings. The fourth-order valence-corrected chi connectivity index (χ4v) is 2.79. The maximum absolute atomic E-state index is 12.0. The summed E-state index contributed by atoms with van der Waals surface area (Å²) in [5.41, 5.74) is 5.23. The Kier molecular flexibility index (Phi) is 2.80. The SMILES string of the molecule is CC1(N)C=CC=C(S(=O)(=O)Nc2ccon2)C1. The number of allylic oxidation sites excluding steroid dienone is 2. The van der Waals surface area contributed by atoms with E-state index in [0.717, 1.165) is 0 Å². The van der Waals surface area contributed by atoms with Crippen molar-refractivity contribution >= 4 is 15.8 Å². The summed E-state index contributed by atoms with van der Waals surface area (Å²) in [7, 11) is -3.62. The Labute approximate surface area is 99.2 Å². The van der Waals surface area contributed by atoms with Crippen molar-refractivity contribution in [3.05, 3.63) is 35.5 Å². The number of nitrogens with one attached hydrogen (secondary N) is 1. The lowest BCUT2D eigenvalue weighted by molar-refractivity contribution is 0.423. The number of anilines is 1. The molecule has 92 valence electrons. The molecule has 0 saturated carbocycles. The Morgan fingerprint density at radius 3 is 2.94 bits per heavy atom. The molecule has 0 spiro atoms. The van der Waals surface area contributed by atoms with Crippen LogP contribution in [-0.4, -0.2) is 19.1 Å². The quantitative estimate of drug-likeness (QED) is 0.838. The van der Waals surface area contributed by atoms with Crippen LogP contribution in [0.2, 0.25) is 0 Å². The molecule has 3 N–H and O–H groups in total. The number of hydrogen-bond acceptors (Lipinski definition) is 5. The standard InChI is InChI=1S/C10H13N3O3S/c1-10(11)5-2-3-8(7-10)17(14,15)13-9-4-6-16-12-9/h2-6H,7,11H2,1H3,(H,12,13). The van der Waals surface area contributed by atoms with Gasteiger partial charge in [0.25, 0.3) is 10.0 Å². The zero-order chi connectivity index (χ0) is 12.5. The molecule has 0 radical (unpaired) electrons. The molecule has 1 unspecified atom stereocenters. The topological polar surface area (TPSA) is 98.2 Å². The molecule has 1 aromatic rings. The van der Waals surface area contributed by atoms with Crippen LogP contribution in [0.1, 0.15) is 13.3 Å². The van der Waals surface area contributed by atoms with E-state index in [-0.39, 0.29) is 17.1 Å². The van der Waals surface area contributed by atoms with Crippen molar-refractivity contribution in [2.75, 3.05) is 4.72 Å². The number of nitrogens with two attached hydrogens (primary N) is 1. The Balaban J connectivity index is 2.22. The third kappa shape index (κ3) is 2.75. The minimum Gasteiger partial charge on any atom is -0.363 e. The van der Waals surface area contributed by atoms with Gasteiger partial charge in [-0.3, -0.25) is 4.72 Å². The fraction of sp³-hybridized carbons (Fsp3) is 0.300. The first kappa shape index (κ1) is 11.9. The minimum absolute atomic E-state index is 0.152. The van der Waals surface area contributed by atoms with Gasteiger partial charge < -0.3 is 10.3 Å². The van der Waals surface area contributed by atoms with Gasteiger partial charge >= 0.3 is 0 Å². The van der Waals surface area contributed by atoms with Crippen LogP contribution in [0.5, 0.6) is 0 Å². The number of hydrogen-bond donors (Lipinski definition) is 2. The van der Waals surface area contributed by atoms with Gasteiger partial charge in [-0.1, -0.05) is 17.3 Å². The molecule has 0 bridgehead atoms. The highest BCUT2D eigenvalue weighted by molar-refractivity contribution is 7.96. The summed E-state index contributed by atoms with van der Waals surface area (Å²) in [6, 6.07) is 1.43. The van der Waals surface area contributed by atoms with E-state index >= 15 is 0 Å². The number of sulfonamides is 1. The van der Waals surface area contributed by atoms with Crippen LogP contribution in [-0.2, 0) is 10.0 Å². The Morgan fingerprint density at radius 2 is 2.35 bits per heavy atom. The van der Waals surface area contributed by atoms with E-state index in [2.05, 4.69) is 14.4 Å². The average Bonchev–Trinajstić information content (AvgIpc) is 2.68. The van der Waals surface area contributed by atoms with Gasteiger partial charge in [-0.05, 0) is 13.0 Å². The molecule has 0 amide bonds. The molecule has 6 nitrogen and oxygen atoms in total. The summed E-state index contributed by atoms with van der Waals surface area (Å²) in [4.78, 5) is 0.230. The number of aromatic nitrogens is 1. The summed E-state index contributed by atoms with van der Waals surface area (Å²) in [5.74, 6) is 0.152. The van der Waals surface area contributed by atoms with E-state index in [0.29, 0.717) is 0 Å². The first-order chi connectivity index (χ1) is 7.89. The molecule has 1 aliphatic carbocycles. The van der Waals surface area contributed by atoms with Crippen LogP contribution in [0.4, 0.5) is 5.82 Å². The molecule has 0 aliphatic heterocycles. The summed E-state index contributed by atoms with van der Waals surface area (Å²) in [5, 5.41) is 3.49. The van der Waals surface area contributed by atoms with Crippen LogP contribution in [0, 0.1) is 0 Å². The normalized spacial score (nSPS) is 24.5. The zero-order valence-corrected chi connectivity index (χ0v) is 10.1. The second kappa shape index (κ2) is 4.01. The van der Waals surface area contributed by atoms with Crippen molar-refractivity contribution in [3.8, 4) is 0 Å². The molecule has 0 saturated heterocycles. The van der Waals surface area contributed by atoms with Gasteiger partial charge in [0, 0.05) is 18.0 Å². The van der Waals surface area contributed by atoms with Crippen LogP contribution >= 0.6 is 0 Å². The predicted molar refractivity (Wildman–Crippen MR) is 63.5 cm³/mol. The monoisotopic (exact) mass is 255 g/mol. The molecular weight excluding hydrogens is 242 g/mol. The Morgan fingerprint density at radius 1 is 1.59 bits per heavy atom. The van der Waals surface area contributed by atoms with Gasteiger partial charge in [0.1, 0.15) is 6.26 Å². The van der Waals surface area contributed by atoms with E-state index in [1.54, 1.807) is 19.1 Å². The summed E-state index contributed by atoms with van der Waals surface area (Å²) < 4.78 is 30.8. The highest BCUT2D eigenvalue weighted by Gasteiger charge is 2.27. The fourth-order valence-electron chi connectivity index (χ4n) is 1.52. The third-order valence-corrected chi connectivity index (χ3v) is 3.78. The van der Waals surface area contributed by atoms with Gasteiger partial charge in [0.15, 0.2) is 5.82 Å². The molecule has 2 rings (SSSR count). The molecule has 7 heteroatoms. The summed E-state index contributed by atoms with van der Waals surface area (Å²) >= 11 is 0. The van der Waals surface area contributed by atoms with Crippen molar-refractivity contribution in [1.29, 1.82) is 0 Å². The van der Waals surface area contributed by atoms with Gasteiger partial charge in [-0.25, -0.2) is 8.42 Å². The zero-order valence-electron chi connectivity index (χ0n) is 9.25. The Hall–Kier alpha value is -1.60. The summed E-state index contributed by atoms with van der Waals surface area (Å²) in [6.07, 6.45) is 6.47. The van der Waals surface area contributed by atoms with Crippen LogP contribution in [0.15, 0.2) is 40.0 Å². The first-order valence-corrected chi connectivity index (χ1v) is 6.48. The summed E-state index contributed by atoms with van der Waals surface area (Å²) in [6.45, 7) is 1.77. The lowest BCUT2D eigenvalue weighted by Gasteiger charge is -2.24. The van der Waals surface area contributed by atoms with Crippen LogP contribution in [0.25, 0.3) is 0 Å². The smallest absolute Gasteiger partial charge is 0.259 e. The van der Waals surface area contributed by atoms with E-state index in [4.69, 9.17) is 5.73 Å². The molecule has 0 aromatic carbocycles. The lowest BCUT2D eigenvalue weighted by Crippen LogP contribution is -2.37. The lowest BCUT2D eigenvalue weighted by atomic mass is 9.95. The predicted octanol–water partition coefficient (Wildman–Crippen LogP) is 0.977. The van der Waals surface area contributed by atoms with E-state index in [1.165, 1.54) is 18.4 Å². The van der Waals surface area contributed by atoms with E-state index in [9.17, 15) is 8.42 Å². The molecule has 17 heavy (non-hydrogen) atoms. The number of nitrogens with zero attached hydrogens (tertiary/aromatic N) is 1. The second-order valence-electron chi connectivity index (χ2n) is 4.16. The van der Waals surface area contributed by atoms with Crippen LogP contribution < -0.4 is 10.5 Å². The molecular formula is C10H13N3O3S. The largest absolute Gasteiger partial charge is 0.363 e. The second-order valence-corrected chi connectivity index (χ2v) is 5.90. The molecule has 1 atom stereocenters. The first-order valence-electron chi connectivity index (χ1n) is 5.00. The van der Waals surface area contributed by atoms with Gasteiger partial charge in [0.2, 0.25) is 0 Å². The van der Waals surface area contributed by atoms with Crippen molar-refractivity contribution in [3.63, 3.8) is 0 Å². The molecule has 1 heterocycles. The molecule has 1 aromatic heterocycles. The maximum atomic E-state index is 12.0. The van der Waals surface area contributed by atoms with Gasteiger partial charge in [-0.2, -0.15) is 0 Å². The average molecular weight is 255 g/mol. The highest BCUT2D eigenvalue weighted by Crippen LogP contribution is 2.25. The molecule has 0 fully saturated rings. The minimum atomic E-state index is -3.62. The van der Waals surface area contributed by atoms with Crippen LogP contribution in [0.3, 0.4) is 0 Å². The van der Waals surface area contributed by atoms with E-state index in [1.807, 2.05) is 0 Å². The van der Waals surface area contributed by atoms with Gasteiger partial charge in [-0.15, -0.1) is 0 Å². The maximum Gasteiger partial charge on any atom is 0.259 e. The van der Waals surface area contributed by atoms with Crippen molar-refractivity contribution in [1.82, 2.24) is 5.16 Å². The Bertz CT molecular complexity index is 556. The highest BCUT2D eigenvalue weighted by atomic mass is 32.2. The third-order valence-electron chi connectivity index (χ3n) is 2.34. The number of rotatable bonds is 3. The van der Waals surface area contributed by atoms with E-state index < -0.39 is 15.6 Å².